The van der Waals surface area contributed by atoms with Crippen LogP contribution >= 0.6 is 0 Å². The minimum absolute atomic E-state index is 0.146. The third-order valence-corrected chi connectivity index (χ3v) is 3.93. The van der Waals surface area contributed by atoms with Gasteiger partial charge in [-0.3, -0.25) is 9.52 Å². The maximum Gasteiger partial charge on any atom is 0.251 e. The number of anilines is 1. The Morgan fingerprint density at radius 3 is 2.52 bits per heavy atom. The van der Waals surface area contributed by atoms with E-state index in [4.69, 9.17) is 0 Å². The van der Waals surface area contributed by atoms with Crippen molar-refractivity contribution in [3.05, 3.63) is 64.7 Å². The number of rotatable bonds is 5. The average Bonchev–Trinajstić information content (AvgIpc) is 2.46. The molecule has 0 atom stereocenters. The van der Waals surface area contributed by atoms with Gasteiger partial charge < -0.3 is 5.32 Å². The molecule has 23 heavy (non-hydrogen) atoms. The highest BCUT2D eigenvalue weighted by Gasteiger charge is 2.09. The molecule has 5 nitrogen and oxygen atoms in total. The van der Waals surface area contributed by atoms with Crippen molar-refractivity contribution in [2.24, 2.45) is 0 Å². The van der Waals surface area contributed by atoms with Gasteiger partial charge in [0.15, 0.2) is 0 Å². The molecule has 0 aromatic heterocycles. The van der Waals surface area contributed by atoms with E-state index in [1.54, 1.807) is 18.2 Å². The molecule has 0 fully saturated rings. The number of carbonyl (C=O) groups is 1. The van der Waals surface area contributed by atoms with E-state index in [-0.39, 0.29) is 5.91 Å². The van der Waals surface area contributed by atoms with Crippen molar-refractivity contribution >= 4 is 21.6 Å². The van der Waals surface area contributed by atoms with Crippen molar-refractivity contribution in [2.75, 3.05) is 11.0 Å². The summed E-state index contributed by atoms with van der Waals surface area (Å²) >= 11 is 0. The van der Waals surface area contributed by atoms with Crippen molar-refractivity contribution in [3.8, 4) is 0 Å². The Morgan fingerprint density at radius 2 is 1.83 bits per heavy atom. The Bertz CT molecular complexity index is 829. The molecule has 0 aliphatic rings. The monoisotopic (exact) mass is 332 g/mol. The molecule has 1 amide bonds. The number of sulfonamides is 1. The molecule has 122 valence electrons. The number of amides is 1. The Hall–Kier alpha value is -2.34. The van der Waals surface area contributed by atoms with Crippen LogP contribution in [0.15, 0.2) is 42.5 Å². The fourth-order valence-electron chi connectivity index (χ4n) is 2.22. The van der Waals surface area contributed by atoms with Crippen LogP contribution in [0.1, 0.15) is 27.0 Å². The van der Waals surface area contributed by atoms with Crippen molar-refractivity contribution in [2.45, 2.75) is 20.4 Å². The van der Waals surface area contributed by atoms with Gasteiger partial charge in [0.1, 0.15) is 0 Å². The summed E-state index contributed by atoms with van der Waals surface area (Å²) in [6.07, 6.45) is 1.10. The average molecular weight is 332 g/mol. The van der Waals surface area contributed by atoms with Gasteiger partial charge in [0.05, 0.1) is 6.26 Å². The highest BCUT2D eigenvalue weighted by Crippen LogP contribution is 2.13. The lowest BCUT2D eigenvalue weighted by Crippen LogP contribution is -2.23. The molecule has 2 N–H and O–H groups in total. The van der Waals surface area contributed by atoms with Gasteiger partial charge in [-0.1, -0.05) is 29.8 Å². The Balaban J connectivity index is 2.07. The second kappa shape index (κ2) is 6.83. The molecule has 0 bridgehead atoms. The topological polar surface area (TPSA) is 75.3 Å². The molecule has 0 radical (unpaired) electrons. The smallest absolute Gasteiger partial charge is 0.251 e. The molecule has 0 saturated carbocycles. The summed E-state index contributed by atoms with van der Waals surface area (Å²) in [6.45, 7) is 4.16. The molecule has 2 aromatic rings. The molecule has 0 aliphatic heterocycles. The van der Waals surface area contributed by atoms with E-state index in [9.17, 15) is 13.2 Å². The van der Waals surface area contributed by atoms with Gasteiger partial charge in [0.25, 0.3) is 5.91 Å². The summed E-state index contributed by atoms with van der Waals surface area (Å²) in [5.41, 5.74) is 3.89. The zero-order valence-corrected chi connectivity index (χ0v) is 14.2. The molecule has 0 saturated heterocycles. The first-order valence-corrected chi connectivity index (χ1v) is 9.06. The standard InChI is InChI=1S/C17H20N2O3S/c1-12-7-8-13(2)16(9-12)17(20)18-11-14-5-4-6-15(10-14)19-23(3,21)22/h4-10,19H,11H2,1-3H3,(H,18,20). The van der Waals surface area contributed by atoms with Crippen LogP contribution in [-0.2, 0) is 16.6 Å². The van der Waals surface area contributed by atoms with Gasteiger partial charge in [-0.2, -0.15) is 0 Å². The first-order valence-electron chi connectivity index (χ1n) is 7.17. The fraction of sp³-hybridized carbons (Fsp3) is 0.235. The predicted molar refractivity (Wildman–Crippen MR) is 92.0 cm³/mol. The van der Waals surface area contributed by atoms with Gasteiger partial charge >= 0.3 is 0 Å². The number of aryl methyl sites for hydroxylation is 2. The molecule has 0 unspecified atom stereocenters. The van der Waals surface area contributed by atoms with Crippen molar-refractivity contribution in [3.63, 3.8) is 0 Å². The SMILES string of the molecule is Cc1ccc(C)c(C(=O)NCc2cccc(NS(C)(=O)=O)c2)c1. The Morgan fingerprint density at radius 1 is 1.09 bits per heavy atom. The second-order valence-corrected chi connectivity index (χ2v) is 7.32. The van der Waals surface area contributed by atoms with Gasteiger partial charge in [-0.05, 0) is 43.2 Å². The van der Waals surface area contributed by atoms with Crippen LogP contribution in [0.5, 0.6) is 0 Å². The second-order valence-electron chi connectivity index (χ2n) is 5.58. The maximum atomic E-state index is 12.3. The minimum Gasteiger partial charge on any atom is -0.348 e. The molecule has 0 spiro atoms. The Kier molecular flexibility index (Phi) is 5.05. The fourth-order valence-corrected chi connectivity index (χ4v) is 2.77. The molecule has 6 heteroatoms. The molecular weight excluding hydrogens is 312 g/mol. The van der Waals surface area contributed by atoms with Crippen molar-refractivity contribution in [1.82, 2.24) is 5.32 Å². The number of carbonyl (C=O) groups excluding carboxylic acids is 1. The Labute approximate surface area is 136 Å². The van der Waals surface area contributed by atoms with E-state index in [1.807, 2.05) is 38.1 Å². The van der Waals surface area contributed by atoms with E-state index >= 15 is 0 Å². The van der Waals surface area contributed by atoms with Crippen LogP contribution in [0, 0.1) is 13.8 Å². The molecule has 0 aliphatic carbocycles. The molecule has 0 heterocycles. The number of hydrogen-bond donors (Lipinski definition) is 2. The van der Waals surface area contributed by atoms with E-state index in [2.05, 4.69) is 10.0 Å². The molecular formula is C17H20N2O3S. The largest absolute Gasteiger partial charge is 0.348 e. The number of benzene rings is 2. The van der Waals surface area contributed by atoms with E-state index in [0.29, 0.717) is 17.8 Å². The number of nitrogens with one attached hydrogen (secondary N) is 2. The molecule has 2 aromatic carbocycles. The van der Waals surface area contributed by atoms with Crippen molar-refractivity contribution < 1.29 is 13.2 Å². The summed E-state index contributed by atoms with van der Waals surface area (Å²) < 4.78 is 24.9. The quantitative estimate of drug-likeness (QED) is 0.884. The van der Waals surface area contributed by atoms with Gasteiger partial charge in [-0.15, -0.1) is 0 Å². The van der Waals surface area contributed by atoms with E-state index < -0.39 is 10.0 Å². The third-order valence-electron chi connectivity index (χ3n) is 3.32. The maximum absolute atomic E-state index is 12.3. The first kappa shape index (κ1) is 17.0. The summed E-state index contributed by atoms with van der Waals surface area (Å²) in [7, 11) is -3.32. The van der Waals surface area contributed by atoms with Gasteiger partial charge in [-0.25, -0.2) is 8.42 Å². The van der Waals surface area contributed by atoms with E-state index in [0.717, 1.165) is 22.9 Å². The summed E-state index contributed by atoms with van der Waals surface area (Å²) in [5, 5.41) is 2.86. The van der Waals surface area contributed by atoms with Crippen LogP contribution in [0.25, 0.3) is 0 Å². The lowest BCUT2D eigenvalue weighted by molar-refractivity contribution is 0.0950. The highest BCUT2D eigenvalue weighted by atomic mass is 32.2. The van der Waals surface area contributed by atoms with Crippen LogP contribution in [-0.4, -0.2) is 20.6 Å². The zero-order valence-electron chi connectivity index (χ0n) is 13.4. The lowest BCUT2D eigenvalue weighted by Gasteiger charge is -2.10. The minimum atomic E-state index is -3.32. The third kappa shape index (κ3) is 5.10. The normalized spacial score (nSPS) is 11.1. The van der Waals surface area contributed by atoms with E-state index in [1.165, 1.54) is 0 Å². The summed E-state index contributed by atoms with van der Waals surface area (Å²) in [5.74, 6) is -0.146. The lowest BCUT2D eigenvalue weighted by atomic mass is 10.0. The van der Waals surface area contributed by atoms with Crippen LogP contribution in [0.2, 0.25) is 0 Å². The predicted octanol–water partition coefficient (Wildman–Crippen LogP) is 2.60. The van der Waals surface area contributed by atoms with Crippen LogP contribution < -0.4 is 10.0 Å². The molecule has 2 rings (SSSR count). The highest BCUT2D eigenvalue weighted by molar-refractivity contribution is 7.92. The summed E-state index contributed by atoms with van der Waals surface area (Å²) in [4.78, 5) is 12.3. The van der Waals surface area contributed by atoms with Gasteiger partial charge in [0.2, 0.25) is 10.0 Å². The number of hydrogen-bond acceptors (Lipinski definition) is 3. The van der Waals surface area contributed by atoms with Crippen molar-refractivity contribution in [1.29, 1.82) is 0 Å². The zero-order chi connectivity index (χ0) is 17.0. The van der Waals surface area contributed by atoms with Crippen LogP contribution in [0.4, 0.5) is 5.69 Å². The first-order chi connectivity index (χ1) is 10.7. The van der Waals surface area contributed by atoms with Gasteiger partial charge in [0, 0.05) is 17.8 Å². The van der Waals surface area contributed by atoms with Crippen LogP contribution in [0.3, 0.4) is 0 Å². The summed E-state index contributed by atoms with van der Waals surface area (Å²) in [6, 6.07) is 12.7.